The van der Waals surface area contributed by atoms with E-state index in [1.54, 1.807) is 0 Å². The Kier molecular flexibility index (Phi) is 6.10. The maximum atomic E-state index is 6.31. The van der Waals surface area contributed by atoms with Crippen LogP contribution in [0.1, 0.15) is 51.3 Å². The monoisotopic (exact) mass is 839 g/mol. The number of aromatic nitrogens is 4. The zero-order valence-corrected chi connectivity index (χ0v) is 31.1. The Bertz CT molecular complexity index is 3060. The molecule has 0 bridgehead atoms. The number of rotatable bonds is 2. The van der Waals surface area contributed by atoms with Gasteiger partial charge in [0.05, 0.1) is 17.5 Å². The van der Waals surface area contributed by atoms with Gasteiger partial charge in [-0.3, -0.25) is 4.98 Å². The van der Waals surface area contributed by atoms with Crippen LogP contribution in [0.2, 0.25) is 0 Å². The van der Waals surface area contributed by atoms with Crippen molar-refractivity contribution in [3.05, 3.63) is 132 Å². The first-order valence-corrected chi connectivity index (χ1v) is 17.2. The molecule has 5 nitrogen and oxygen atoms in total. The quantitative estimate of drug-likeness (QED) is 0.163. The molecule has 5 aromatic carbocycles. The summed E-state index contributed by atoms with van der Waals surface area (Å²) < 4.78 is 10.8. The molecule has 5 heterocycles. The van der Waals surface area contributed by atoms with Gasteiger partial charge in [-0.2, -0.15) is 0 Å². The number of oxazole rings is 1. The summed E-state index contributed by atoms with van der Waals surface area (Å²) >= 11 is 0. The number of hydrogen-bond donors (Lipinski definition) is 0. The van der Waals surface area contributed by atoms with Crippen molar-refractivity contribution >= 4 is 54.9 Å². The predicted molar refractivity (Wildman–Crippen MR) is 202 cm³/mol. The Morgan fingerprint density at radius 1 is 0.667 bits per heavy atom. The summed E-state index contributed by atoms with van der Waals surface area (Å²) in [4.78, 5) is 9.86. The Balaban J connectivity index is 0.00000327. The minimum atomic E-state index is -0.0809. The van der Waals surface area contributed by atoms with Crippen LogP contribution in [0.5, 0.6) is 0 Å². The van der Waals surface area contributed by atoms with Crippen molar-refractivity contribution in [3.63, 3.8) is 0 Å². The molecule has 6 heteroatoms. The second-order valence-electron chi connectivity index (χ2n) is 15.4. The van der Waals surface area contributed by atoms with Crippen molar-refractivity contribution in [3.8, 4) is 33.8 Å². The van der Waals surface area contributed by atoms with Gasteiger partial charge in [0, 0.05) is 17.1 Å². The largest absolute Gasteiger partial charge is 2.00 e. The molecule has 5 aromatic heterocycles. The van der Waals surface area contributed by atoms with Crippen molar-refractivity contribution in [2.24, 2.45) is 0 Å². The SMILES string of the molecule is CC(C)(C)c1ccc2c(c1)oc1cnc(-c3[c-]c4c(cc3)c3cccc5c6ccc(-c7cc8c(cn7)C(C)(C)c7ccccc7-8)[c-]c6n4c53)n12.[Pt+2]. The first-order chi connectivity index (χ1) is 24.2. The zero-order valence-electron chi connectivity index (χ0n) is 28.8. The van der Waals surface area contributed by atoms with Crippen LogP contribution in [-0.2, 0) is 31.9 Å². The van der Waals surface area contributed by atoms with Crippen LogP contribution >= 0.6 is 0 Å². The summed E-state index contributed by atoms with van der Waals surface area (Å²) in [7, 11) is 0. The number of para-hydroxylation sites is 1. The molecule has 0 saturated heterocycles. The van der Waals surface area contributed by atoms with Gasteiger partial charge >= 0.3 is 21.1 Å². The summed E-state index contributed by atoms with van der Waals surface area (Å²) in [6.07, 6.45) is 3.88. The molecule has 0 spiro atoms. The molecule has 1 aliphatic carbocycles. The van der Waals surface area contributed by atoms with Crippen molar-refractivity contribution < 1.29 is 25.5 Å². The fourth-order valence-corrected chi connectivity index (χ4v) is 8.51. The third-order valence-electron chi connectivity index (χ3n) is 11.1. The fraction of sp³-hybridized carbons (Fsp3) is 0.156. The molecule has 248 valence electrons. The van der Waals surface area contributed by atoms with E-state index in [1.165, 1.54) is 49.5 Å². The maximum Gasteiger partial charge on any atom is 2.00 e. The van der Waals surface area contributed by atoms with E-state index >= 15 is 0 Å². The van der Waals surface area contributed by atoms with Gasteiger partial charge in [0.1, 0.15) is 0 Å². The first kappa shape index (κ1) is 30.6. The van der Waals surface area contributed by atoms with Gasteiger partial charge in [-0.1, -0.05) is 100.0 Å². The molecule has 0 N–H and O–H groups in total. The minimum absolute atomic E-state index is 0. The molecule has 0 fully saturated rings. The third kappa shape index (κ3) is 4.01. The van der Waals surface area contributed by atoms with Gasteiger partial charge in [-0.15, -0.1) is 47.5 Å². The van der Waals surface area contributed by atoms with E-state index in [1.807, 2.05) is 6.20 Å². The van der Waals surface area contributed by atoms with Gasteiger partial charge in [0.25, 0.3) is 0 Å². The van der Waals surface area contributed by atoms with E-state index in [-0.39, 0.29) is 31.9 Å². The number of benzene rings is 5. The second-order valence-corrected chi connectivity index (χ2v) is 15.4. The van der Waals surface area contributed by atoms with Crippen molar-refractivity contribution in [2.75, 3.05) is 0 Å². The summed E-state index contributed by atoms with van der Waals surface area (Å²) in [6, 6.07) is 40.4. The molecule has 0 saturated carbocycles. The smallest absolute Gasteiger partial charge is 0.437 e. The van der Waals surface area contributed by atoms with Crippen LogP contribution in [0.15, 0.2) is 108 Å². The van der Waals surface area contributed by atoms with E-state index in [4.69, 9.17) is 14.4 Å². The molecule has 0 aliphatic heterocycles. The Labute approximate surface area is 309 Å². The maximum absolute atomic E-state index is 6.31. The van der Waals surface area contributed by atoms with E-state index in [0.29, 0.717) is 0 Å². The Hall–Kier alpha value is -5.25. The average Bonchev–Trinajstić information content (AvgIpc) is 3.90. The van der Waals surface area contributed by atoms with E-state index in [9.17, 15) is 0 Å². The van der Waals surface area contributed by atoms with Gasteiger partial charge < -0.3 is 18.2 Å². The topological polar surface area (TPSA) is 47.7 Å². The fourth-order valence-electron chi connectivity index (χ4n) is 8.51. The van der Waals surface area contributed by atoms with E-state index in [2.05, 4.69) is 153 Å². The summed E-state index contributed by atoms with van der Waals surface area (Å²) in [5, 5.41) is 4.74. The van der Waals surface area contributed by atoms with Crippen molar-refractivity contribution in [2.45, 2.75) is 45.4 Å². The predicted octanol–water partition coefficient (Wildman–Crippen LogP) is 11.2. The minimum Gasteiger partial charge on any atom is -0.437 e. The van der Waals surface area contributed by atoms with Gasteiger partial charge in [-0.25, -0.2) is 0 Å². The first-order valence-electron chi connectivity index (χ1n) is 17.2. The number of nitrogens with zero attached hydrogens (tertiary/aromatic N) is 4. The van der Waals surface area contributed by atoms with Gasteiger partial charge in [0.15, 0.2) is 5.58 Å². The van der Waals surface area contributed by atoms with Gasteiger partial charge in [0.2, 0.25) is 5.71 Å². The number of imidazole rings is 1. The average molecular weight is 840 g/mol. The number of fused-ring (bicyclic) bond motifs is 12. The van der Waals surface area contributed by atoms with Crippen molar-refractivity contribution in [1.82, 2.24) is 18.8 Å². The molecule has 0 amide bonds. The van der Waals surface area contributed by atoms with Crippen molar-refractivity contribution in [1.29, 1.82) is 0 Å². The third-order valence-corrected chi connectivity index (χ3v) is 11.1. The van der Waals surface area contributed by atoms with Crippen LogP contribution in [0.25, 0.3) is 88.7 Å². The molecule has 1 aliphatic rings. The normalized spacial score (nSPS) is 14.0. The Morgan fingerprint density at radius 3 is 2.16 bits per heavy atom. The summed E-state index contributed by atoms with van der Waals surface area (Å²) in [6.45, 7) is 11.2. The molecule has 11 rings (SSSR count). The molecule has 51 heavy (non-hydrogen) atoms. The number of pyridine rings is 1. The zero-order chi connectivity index (χ0) is 33.7. The molecular formula is C45H32N4OPt. The van der Waals surface area contributed by atoms with Crippen LogP contribution in [0, 0.1) is 12.1 Å². The van der Waals surface area contributed by atoms with E-state index < -0.39 is 0 Å². The number of hydrogen-bond acceptors (Lipinski definition) is 3. The van der Waals surface area contributed by atoms with Crippen LogP contribution in [-0.4, -0.2) is 18.8 Å². The Morgan fingerprint density at radius 2 is 1.39 bits per heavy atom. The van der Waals surface area contributed by atoms with Crippen LogP contribution in [0.3, 0.4) is 0 Å². The summed E-state index contributed by atoms with van der Waals surface area (Å²) in [5.41, 5.74) is 15.0. The summed E-state index contributed by atoms with van der Waals surface area (Å²) in [5.74, 6) is 0.809. The van der Waals surface area contributed by atoms with Crippen LogP contribution < -0.4 is 0 Å². The molecule has 10 aromatic rings. The molecule has 0 radical (unpaired) electrons. The second kappa shape index (κ2) is 10.2. The van der Waals surface area contributed by atoms with E-state index in [0.717, 1.165) is 55.9 Å². The molecule has 0 atom stereocenters. The van der Waals surface area contributed by atoms with Gasteiger partial charge in [-0.05, 0) is 72.9 Å². The molecular weight excluding hydrogens is 808 g/mol. The van der Waals surface area contributed by atoms with Crippen LogP contribution in [0.4, 0.5) is 0 Å². The molecule has 0 unspecified atom stereocenters. The standard InChI is InChI=1S/C45H32N4O.Pt/c1-44(2,3)27-15-18-37-40(21-27)50-41-24-47-43(49(37)41)26-14-17-30-32-11-8-10-31-29-16-13-25(19-38(29)48(42(31)32)39(30)20-26)36-22-33-28-9-6-7-12-34(28)45(4,5)35(33)23-46-36;/h6-18,21-24H,1-5H3;/q-2;+2.